The summed E-state index contributed by atoms with van der Waals surface area (Å²) in [4.78, 5) is 24.3. The van der Waals surface area contributed by atoms with Crippen molar-refractivity contribution in [1.82, 2.24) is 5.32 Å². The molecular weight excluding hydrogens is 366 g/mol. The van der Waals surface area contributed by atoms with Gasteiger partial charge in [-0.15, -0.1) is 0 Å². The highest BCUT2D eigenvalue weighted by atomic mass is 16.5. The molecule has 0 saturated heterocycles. The number of unbranched alkanes of at least 4 members (excludes halogenated alkanes) is 10. The van der Waals surface area contributed by atoms with E-state index in [0.717, 1.165) is 12.8 Å². The second-order valence-electron chi connectivity index (χ2n) is 7.63. The largest absolute Gasteiger partial charge is 0.497 e. The van der Waals surface area contributed by atoms with Crippen molar-refractivity contribution in [1.29, 1.82) is 0 Å². The van der Waals surface area contributed by atoms with Crippen LogP contribution in [0.1, 0.15) is 94.8 Å². The van der Waals surface area contributed by atoms with E-state index in [4.69, 9.17) is 9.47 Å². The molecule has 5 heteroatoms. The maximum Gasteiger partial charge on any atom is 0.328 e. The van der Waals surface area contributed by atoms with E-state index in [1.54, 1.807) is 38.3 Å². The molecule has 1 amide bonds. The Hall–Kier alpha value is -2.04. The Balaban J connectivity index is 2.07. The molecule has 1 aromatic rings. The highest BCUT2D eigenvalue weighted by molar-refractivity contribution is 5.97. The van der Waals surface area contributed by atoms with Crippen molar-refractivity contribution < 1.29 is 19.1 Å². The van der Waals surface area contributed by atoms with Crippen LogP contribution < -0.4 is 10.1 Å². The molecule has 1 aromatic carbocycles. The van der Waals surface area contributed by atoms with Gasteiger partial charge in [0.1, 0.15) is 11.8 Å². The molecule has 0 bridgehead atoms. The Kier molecular flexibility index (Phi) is 13.6. The molecule has 1 unspecified atom stereocenters. The van der Waals surface area contributed by atoms with Crippen LogP contribution in [0.5, 0.6) is 5.75 Å². The maximum absolute atomic E-state index is 12.2. The number of benzene rings is 1. The predicted molar refractivity (Wildman–Crippen MR) is 117 cm³/mol. The summed E-state index contributed by atoms with van der Waals surface area (Å²) in [6, 6.07) is 6.15. The normalized spacial score (nSPS) is 11.7. The van der Waals surface area contributed by atoms with Crippen molar-refractivity contribution in [3.8, 4) is 5.75 Å². The van der Waals surface area contributed by atoms with E-state index in [0.29, 0.717) is 17.9 Å². The van der Waals surface area contributed by atoms with Gasteiger partial charge in [0.15, 0.2) is 0 Å². The van der Waals surface area contributed by atoms with E-state index in [1.165, 1.54) is 57.8 Å². The molecule has 0 aliphatic carbocycles. The molecule has 1 atom stereocenters. The average molecular weight is 406 g/mol. The minimum absolute atomic E-state index is 0.317. The third kappa shape index (κ3) is 11.5. The number of methoxy groups -OCH3 is 1. The molecule has 29 heavy (non-hydrogen) atoms. The number of carbonyl (C=O) groups is 2. The summed E-state index contributed by atoms with van der Waals surface area (Å²) in [6.07, 6.45) is 13.8. The summed E-state index contributed by atoms with van der Waals surface area (Å²) in [5.41, 5.74) is 0.453. The average Bonchev–Trinajstić information content (AvgIpc) is 2.74. The lowest BCUT2D eigenvalue weighted by Gasteiger charge is -2.14. The molecule has 0 spiro atoms. The van der Waals surface area contributed by atoms with E-state index in [2.05, 4.69) is 12.2 Å². The van der Waals surface area contributed by atoms with Gasteiger partial charge in [0.25, 0.3) is 5.91 Å². The van der Waals surface area contributed by atoms with Crippen LogP contribution in [0, 0.1) is 0 Å². The third-order valence-electron chi connectivity index (χ3n) is 5.03. The molecule has 0 fully saturated rings. The number of hydrogen-bond donors (Lipinski definition) is 1. The Morgan fingerprint density at radius 1 is 0.931 bits per heavy atom. The van der Waals surface area contributed by atoms with Crippen LogP contribution in [0.4, 0.5) is 0 Å². The van der Waals surface area contributed by atoms with E-state index < -0.39 is 12.0 Å². The molecule has 0 radical (unpaired) electrons. The molecule has 1 rings (SSSR count). The first-order valence-electron chi connectivity index (χ1n) is 11.2. The van der Waals surface area contributed by atoms with Crippen molar-refractivity contribution in [2.45, 2.75) is 90.5 Å². The van der Waals surface area contributed by atoms with Gasteiger partial charge >= 0.3 is 5.97 Å². The number of carbonyl (C=O) groups excluding carboxylic acids is 2. The number of hydrogen-bond acceptors (Lipinski definition) is 4. The van der Waals surface area contributed by atoms with Gasteiger partial charge in [0, 0.05) is 5.56 Å². The fraction of sp³-hybridized carbons (Fsp3) is 0.667. The Bertz CT molecular complexity index is 588. The summed E-state index contributed by atoms with van der Waals surface area (Å²) < 4.78 is 10.4. The molecule has 0 heterocycles. The minimum atomic E-state index is -0.679. The van der Waals surface area contributed by atoms with Gasteiger partial charge in [-0.05, 0) is 31.5 Å². The monoisotopic (exact) mass is 405 g/mol. The number of rotatable bonds is 16. The van der Waals surface area contributed by atoms with Crippen molar-refractivity contribution in [3.05, 3.63) is 29.8 Å². The zero-order valence-electron chi connectivity index (χ0n) is 18.5. The SMILES string of the molecule is CCCCCCCCCCCCCOC(=O)C(C)NC(=O)c1cccc(OC)c1. The van der Waals surface area contributed by atoms with Crippen LogP contribution in [0.15, 0.2) is 24.3 Å². The lowest BCUT2D eigenvalue weighted by molar-refractivity contribution is -0.145. The fourth-order valence-electron chi connectivity index (χ4n) is 3.17. The predicted octanol–water partition coefficient (Wildman–Crippen LogP) is 5.67. The maximum atomic E-state index is 12.2. The van der Waals surface area contributed by atoms with Gasteiger partial charge in [-0.3, -0.25) is 4.79 Å². The quantitative estimate of drug-likeness (QED) is 0.284. The highest BCUT2D eigenvalue weighted by Crippen LogP contribution is 2.13. The van der Waals surface area contributed by atoms with Crippen molar-refractivity contribution in [2.24, 2.45) is 0 Å². The standard InChI is InChI=1S/C24H39NO4/c1-4-5-6-7-8-9-10-11-12-13-14-18-29-24(27)20(2)25-23(26)21-16-15-17-22(19-21)28-3/h15-17,19-20H,4-14,18H2,1-3H3,(H,25,26). The topological polar surface area (TPSA) is 64.6 Å². The van der Waals surface area contributed by atoms with Crippen molar-refractivity contribution in [2.75, 3.05) is 13.7 Å². The Morgan fingerprint density at radius 3 is 2.10 bits per heavy atom. The molecule has 0 aliphatic rings. The van der Waals surface area contributed by atoms with Crippen molar-refractivity contribution >= 4 is 11.9 Å². The molecule has 0 aliphatic heterocycles. The Labute approximate surface area is 176 Å². The summed E-state index contributed by atoms with van der Waals surface area (Å²) in [5.74, 6) is -0.110. The lowest BCUT2D eigenvalue weighted by Crippen LogP contribution is -2.39. The first-order chi connectivity index (χ1) is 14.1. The number of amides is 1. The van der Waals surface area contributed by atoms with Crippen LogP contribution in [0.25, 0.3) is 0 Å². The van der Waals surface area contributed by atoms with Crippen LogP contribution in [0.3, 0.4) is 0 Å². The second kappa shape index (κ2) is 15.8. The van der Waals surface area contributed by atoms with Crippen LogP contribution in [-0.4, -0.2) is 31.6 Å². The molecule has 0 aromatic heterocycles. The summed E-state index contributed by atoms with van der Waals surface area (Å²) in [6.45, 7) is 4.30. The van der Waals surface area contributed by atoms with Crippen molar-refractivity contribution in [3.63, 3.8) is 0 Å². The minimum Gasteiger partial charge on any atom is -0.497 e. The zero-order valence-corrected chi connectivity index (χ0v) is 18.5. The number of nitrogens with one attached hydrogen (secondary N) is 1. The summed E-state index contributed by atoms with van der Waals surface area (Å²) >= 11 is 0. The van der Waals surface area contributed by atoms with Crippen LogP contribution in [-0.2, 0) is 9.53 Å². The van der Waals surface area contributed by atoms with Gasteiger partial charge in [-0.2, -0.15) is 0 Å². The van der Waals surface area contributed by atoms with Crippen LogP contribution >= 0.6 is 0 Å². The summed E-state index contributed by atoms with van der Waals surface area (Å²) in [5, 5.41) is 2.67. The number of ether oxygens (including phenoxy) is 2. The van der Waals surface area contributed by atoms with Gasteiger partial charge in [-0.25, -0.2) is 4.79 Å². The summed E-state index contributed by atoms with van der Waals surface area (Å²) in [7, 11) is 1.55. The third-order valence-corrected chi connectivity index (χ3v) is 5.03. The van der Waals surface area contributed by atoms with E-state index in [9.17, 15) is 9.59 Å². The number of esters is 1. The van der Waals surface area contributed by atoms with Gasteiger partial charge < -0.3 is 14.8 Å². The van der Waals surface area contributed by atoms with E-state index in [-0.39, 0.29) is 5.91 Å². The first-order valence-corrected chi connectivity index (χ1v) is 11.2. The molecule has 164 valence electrons. The zero-order chi connectivity index (χ0) is 21.3. The Morgan fingerprint density at radius 2 is 1.52 bits per heavy atom. The highest BCUT2D eigenvalue weighted by Gasteiger charge is 2.18. The fourth-order valence-corrected chi connectivity index (χ4v) is 3.17. The second-order valence-corrected chi connectivity index (χ2v) is 7.63. The van der Waals surface area contributed by atoms with Gasteiger partial charge in [0.05, 0.1) is 13.7 Å². The van der Waals surface area contributed by atoms with Gasteiger partial charge in [0.2, 0.25) is 0 Å². The smallest absolute Gasteiger partial charge is 0.328 e. The lowest BCUT2D eigenvalue weighted by atomic mass is 10.1. The molecule has 0 saturated carbocycles. The van der Waals surface area contributed by atoms with Gasteiger partial charge in [-0.1, -0.05) is 77.2 Å². The molecular formula is C24H39NO4. The van der Waals surface area contributed by atoms with E-state index >= 15 is 0 Å². The van der Waals surface area contributed by atoms with E-state index in [1.807, 2.05) is 0 Å². The molecule has 5 nitrogen and oxygen atoms in total. The first kappa shape index (κ1) is 25.0. The van der Waals surface area contributed by atoms with Crippen LogP contribution in [0.2, 0.25) is 0 Å². The molecule has 1 N–H and O–H groups in total.